The highest BCUT2D eigenvalue weighted by Crippen LogP contribution is 2.16. The molecule has 0 aromatic heterocycles. The molecule has 20 heavy (non-hydrogen) atoms. The zero-order chi connectivity index (χ0) is 14.4. The van der Waals surface area contributed by atoms with Crippen LogP contribution < -0.4 is 10.6 Å². The van der Waals surface area contributed by atoms with Crippen molar-refractivity contribution in [3.63, 3.8) is 0 Å². The highest BCUT2D eigenvalue weighted by molar-refractivity contribution is 5.82. The lowest BCUT2D eigenvalue weighted by molar-refractivity contribution is -0.123. The van der Waals surface area contributed by atoms with Crippen molar-refractivity contribution >= 4 is 5.91 Å². The van der Waals surface area contributed by atoms with Gasteiger partial charge in [0.2, 0.25) is 5.91 Å². The Balaban J connectivity index is 1.72. The smallest absolute Gasteiger partial charge is 0.261 e. The Bertz CT molecular complexity index is 455. The number of benzene rings is 1. The molecule has 1 amide bonds. The van der Waals surface area contributed by atoms with Crippen molar-refractivity contribution in [3.05, 3.63) is 35.4 Å². The van der Waals surface area contributed by atoms with E-state index in [2.05, 4.69) is 10.6 Å². The van der Waals surface area contributed by atoms with E-state index in [9.17, 15) is 13.6 Å². The highest BCUT2D eigenvalue weighted by atomic mass is 19.3. The normalized spacial score (nSPS) is 17.9. The third kappa shape index (κ3) is 4.25. The number of carbonyl (C=O) groups is 1. The molecular formula is C14H18F2N2O2. The fourth-order valence-corrected chi connectivity index (χ4v) is 2.18. The number of hydrogen-bond donors (Lipinski definition) is 2. The van der Waals surface area contributed by atoms with Gasteiger partial charge in [0.05, 0.1) is 12.6 Å². The van der Waals surface area contributed by atoms with Gasteiger partial charge in [0.1, 0.15) is 6.61 Å². The summed E-state index contributed by atoms with van der Waals surface area (Å²) in [6.45, 7) is 0.409. The topological polar surface area (TPSA) is 50.4 Å². The van der Waals surface area contributed by atoms with Gasteiger partial charge in [0.25, 0.3) is 6.43 Å². The second kappa shape index (κ2) is 7.31. The second-order valence-corrected chi connectivity index (χ2v) is 4.66. The molecule has 0 fully saturated rings. The number of halogens is 2. The zero-order valence-electron chi connectivity index (χ0n) is 11.1. The average Bonchev–Trinajstić information content (AvgIpc) is 2.46. The molecule has 1 atom stereocenters. The van der Waals surface area contributed by atoms with Crippen LogP contribution >= 0.6 is 0 Å². The van der Waals surface area contributed by atoms with Gasteiger partial charge in [0.15, 0.2) is 0 Å². The molecule has 4 nitrogen and oxygen atoms in total. The third-order valence-corrected chi connectivity index (χ3v) is 3.19. The Morgan fingerprint density at radius 1 is 1.40 bits per heavy atom. The Morgan fingerprint density at radius 3 is 2.90 bits per heavy atom. The summed E-state index contributed by atoms with van der Waals surface area (Å²) in [6, 6.07) is 7.70. The standard InChI is InChI=1S/C14H18F2N2O2/c15-13(16)9-20-6-5-17-14(19)12-7-10-3-1-2-4-11(10)8-18-12/h1-4,12-13,18H,5-9H2,(H,17,19)/t12-/m1/s1. The molecule has 0 spiro atoms. The van der Waals surface area contributed by atoms with Gasteiger partial charge in [-0.15, -0.1) is 0 Å². The minimum absolute atomic E-state index is 0.0966. The van der Waals surface area contributed by atoms with E-state index in [1.807, 2.05) is 24.3 Å². The van der Waals surface area contributed by atoms with Crippen LogP contribution in [0.4, 0.5) is 8.78 Å². The zero-order valence-corrected chi connectivity index (χ0v) is 11.1. The first-order valence-corrected chi connectivity index (χ1v) is 6.60. The van der Waals surface area contributed by atoms with Gasteiger partial charge in [-0.05, 0) is 17.5 Å². The van der Waals surface area contributed by atoms with E-state index in [1.54, 1.807) is 0 Å². The SMILES string of the molecule is O=C(NCCOCC(F)F)[C@H]1Cc2ccccc2CN1. The molecule has 2 N–H and O–H groups in total. The van der Waals surface area contributed by atoms with E-state index in [0.29, 0.717) is 13.0 Å². The van der Waals surface area contributed by atoms with Gasteiger partial charge in [0, 0.05) is 13.1 Å². The quantitative estimate of drug-likeness (QED) is 0.769. The highest BCUT2D eigenvalue weighted by Gasteiger charge is 2.23. The fourth-order valence-electron chi connectivity index (χ4n) is 2.18. The molecule has 0 radical (unpaired) electrons. The lowest BCUT2D eigenvalue weighted by Crippen LogP contribution is -2.48. The Hall–Kier alpha value is -1.53. The van der Waals surface area contributed by atoms with Crippen LogP contribution in [0.15, 0.2) is 24.3 Å². The summed E-state index contributed by atoms with van der Waals surface area (Å²) in [7, 11) is 0. The molecule has 0 aliphatic carbocycles. The minimum atomic E-state index is -2.47. The molecule has 1 aromatic carbocycles. The number of fused-ring (bicyclic) bond motifs is 1. The third-order valence-electron chi connectivity index (χ3n) is 3.19. The molecule has 0 bridgehead atoms. The van der Waals surface area contributed by atoms with E-state index in [0.717, 1.165) is 0 Å². The Morgan fingerprint density at radius 2 is 2.15 bits per heavy atom. The van der Waals surface area contributed by atoms with Crippen LogP contribution in [0.25, 0.3) is 0 Å². The monoisotopic (exact) mass is 284 g/mol. The minimum Gasteiger partial charge on any atom is -0.374 e. The molecular weight excluding hydrogens is 266 g/mol. The molecule has 1 aliphatic heterocycles. The molecule has 2 rings (SSSR count). The van der Waals surface area contributed by atoms with Crippen LogP contribution in [-0.2, 0) is 22.5 Å². The number of amides is 1. The molecule has 1 heterocycles. The Kier molecular flexibility index (Phi) is 5.43. The lowest BCUT2D eigenvalue weighted by atomic mass is 9.95. The largest absolute Gasteiger partial charge is 0.374 e. The second-order valence-electron chi connectivity index (χ2n) is 4.66. The van der Waals surface area contributed by atoms with Gasteiger partial charge < -0.3 is 15.4 Å². The molecule has 0 saturated heterocycles. The van der Waals surface area contributed by atoms with Crippen LogP contribution in [0.2, 0.25) is 0 Å². The predicted molar refractivity (Wildman–Crippen MR) is 70.6 cm³/mol. The number of ether oxygens (including phenoxy) is 1. The van der Waals surface area contributed by atoms with E-state index < -0.39 is 13.0 Å². The van der Waals surface area contributed by atoms with Crippen molar-refractivity contribution in [3.8, 4) is 0 Å². The van der Waals surface area contributed by atoms with Crippen LogP contribution in [0.5, 0.6) is 0 Å². The van der Waals surface area contributed by atoms with E-state index in [-0.39, 0.29) is 25.1 Å². The van der Waals surface area contributed by atoms with Gasteiger partial charge in [-0.2, -0.15) is 0 Å². The summed E-state index contributed by atoms with van der Waals surface area (Å²) < 4.78 is 28.4. The van der Waals surface area contributed by atoms with Crippen LogP contribution in [0, 0.1) is 0 Å². The van der Waals surface area contributed by atoms with Gasteiger partial charge in [-0.25, -0.2) is 8.78 Å². The van der Waals surface area contributed by atoms with E-state index in [1.165, 1.54) is 11.1 Å². The van der Waals surface area contributed by atoms with Gasteiger partial charge in [-0.1, -0.05) is 24.3 Å². The van der Waals surface area contributed by atoms with Crippen LogP contribution in [0.1, 0.15) is 11.1 Å². The first-order valence-electron chi connectivity index (χ1n) is 6.60. The predicted octanol–water partition coefficient (Wildman–Crippen LogP) is 1.10. The first kappa shape index (κ1) is 14.9. The van der Waals surface area contributed by atoms with Crippen molar-refractivity contribution in [2.24, 2.45) is 0 Å². The van der Waals surface area contributed by atoms with E-state index in [4.69, 9.17) is 4.74 Å². The maximum atomic E-state index is 11.9. The summed E-state index contributed by atoms with van der Waals surface area (Å²) in [5, 5.41) is 5.85. The maximum absolute atomic E-state index is 11.9. The number of alkyl halides is 2. The number of nitrogens with one attached hydrogen (secondary N) is 2. The van der Waals surface area contributed by atoms with Crippen molar-refractivity contribution in [2.75, 3.05) is 19.8 Å². The fraction of sp³-hybridized carbons (Fsp3) is 0.500. The first-order chi connectivity index (χ1) is 9.66. The number of hydrogen-bond acceptors (Lipinski definition) is 3. The van der Waals surface area contributed by atoms with Crippen molar-refractivity contribution in [1.82, 2.24) is 10.6 Å². The summed E-state index contributed by atoms with van der Waals surface area (Å²) >= 11 is 0. The maximum Gasteiger partial charge on any atom is 0.261 e. The molecule has 6 heteroatoms. The summed E-state index contributed by atoms with van der Waals surface area (Å²) in [6.07, 6.45) is -1.83. The average molecular weight is 284 g/mol. The van der Waals surface area contributed by atoms with Gasteiger partial charge >= 0.3 is 0 Å². The van der Waals surface area contributed by atoms with Crippen molar-refractivity contribution in [2.45, 2.75) is 25.4 Å². The van der Waals surface area contributed by atoms with Crippen molar-refractivity contribution in [1.29, 1.82) is 0 Å². The number of rotatable bonds is 6. The summed E-state index contributed by atoms with van der Waals surface area (Å²) in [4.78, 5) is 11.9. The molecule has 1 aliphatic rings. The molecule has 0 unspecified atom stereocenters. The summed E-state index contributed by atoms with van der Waals surface area (Å²) in [5.41, 5.74) is 2.37. The molecule has 110 valence electrons. The Labute approximate surface area is 116 Å². The van der Waals surface area contributed by atoms with Crippen LogP contribution in [0.3, 0.4) is 0 Å². The lowest BCUT2D eigenvalue weighted by Gasteiger charge is -2.25. The number of carbonyl (C=O) groups excluding carboxylic acids is 1. The van der Waals surface area contributed by atoms with Crippen LogP contribution in [-0.4, -0.2) is 38.1 Å². The summed E-state index contributed by atoms with van der Waals surface area (Å²) in [5.74, 6) is -0.125. The molecule has 1 aromatic rings. The van der Waals surface area contributed by atoms with Gasteiger partial charge in [-0.3, -0.25) is 4.79 Å². The molecule has 0 saturated carbocycles. The van der Waals surface area contributed by atoms with E-state index >= 15 is 0 Å². The van der Waals surface area contributed by atoms with Crippen molar-refractivity contribution < 1.29 is 18.3 Å².